The molecule has 2 N–H and O–H groups in total. The second kappa shape index (κ2) is 5.71. The molecule has 1 unspecified atom stereocenters. The molecule has 1 aromatic carbocycles. The molecule has 9 rings (SSSR count). The van der Waals surface area contributed by atoms with Crippen LogP contribution in [0, 0.1) is 52.2 Å². The lowest BCUT2D eigenvalue weighted by Gasteiger charge is -3.10. The van der Waals surface area contributed by atoms with Crippen molar-refractivity contribution in [2.24, 2.45) is 51.3 Å². The second-order valence-corrected chi connectivity index (χ2v) is 11.4. The first-order chi connectivity index (χ1) is 16.4. The number of carbonyl (C=O) groups excluding carboxylic acids is 1. The maximum Gasteiger partial charge on any atom is 0.338 e. The number of esters is 1. The first kappa shape index (κ1) is 19.5. The molecule has 0 saturated heterocycles. The Balaban J connectivity index is 1.31. The van der Waals surface area contributed by atoms with E-state index in [0.29, 0.717) is 22.0 Å². The zero-order valence-electron chi connectivity index (χ0n) is 17.7. The highest BCUT2D eigenvalue weighted by Crippen LogP contribution is 3.11. The van der Waals surface area contributed by atoms with Crippen LogP contribution in [0.15, 0.2) is 46.0 Å². The molecule has 172 valence electrons. The first-order valence-electron chi connectivity index (χ1n) is 11.2. The van der Waals surface area contributed by atoms with Crippen LogP contribution in [-0.2, 0) is 14.3 Å². The number of aliphatic imine (C=N–C) groups is 1. The number of ether oxygens (including phenoxy) is 1. The molecule has 2 aromatic rings. The zero-order valence-corrected chi connectivity index (χ0v) is 19.2. The number of benzene rings is 1. The fourth-order valence-corrected chi connectivity index (χ4v) is 9.89. The summed E-state index contributed by atoms with van der Waals surface area (Å²) in [4.78, 5) is 34.4. The van der Waals surface area contributed by atoms with Crippen LogP contribution in [0.4, 0.5) is 4.39 Å². The van der Waals surface area contributed by atoms with Gasteiger partial charge in [0.2, 0.25) is 0 Å². The number of thiazole rings is 1. The van der Waals surface area contributed by atoms with Crippen molar-refractivity contribution < 1.29 is 23.8 Å². The molecule has 10 heteroatoms. The van der Waals surface area contributed by atoms with Gasteiger partial charge in [-0.15, -0.1) is 11.3 Å². The van der Waals surface area contributed by atoms with Gasteiger partial charge in [-0.25, -0.2) is 14.2 Å². The van der Waals surface area contributed by atoms with Crippen LogP contribution in [0.25, 0.3) is 0 Å². The summed E-state index contributed by atoms with van der Waals surface area (Å²) >= 11 is 7.78. The van der Waals surface area contributed by atoms with Gasteiger partial charge in [0, 0.05) is 28.3 Å². The van der Waals surface area contributed by atoms with Gasteiger partial charge in [-0.2, -0.15) is 0 Å². The largest absolute Gasteiger partial charge is 0.481 e. The molecule has 0 bridgehead atoms. The highest BCUT2D eigenvalue weighted by molar-refractivity contribution is 7.11. The van der Waals surface area contributed by atoms with E-state index < -0.39 is 29.2 Å². The number of amidine groups is 1. The minimum absolute atomic E-state index is 0.0865. The Hall–Kier alpha value is -2.78. The van der Waals surface area contributed by atoms with Crippen LogP contribution in [0.2, 0.25) is 5.02 Å². The number of rotatable bonds is 5. The summed E-state index contributed by atoms with van der Waals surface area (Å²) in [6.07, 6.45) is 1.67. The molecule has 2 heterocycles. The van der Waals surface area contributed by atoms with Gasteiger partial charge in [-0.3, -0.25) is 9.79 Å². The molecule has 7 aliphatic rings. The van der Waals surface area contributed by atoms with Gasteiger partial charge < -0.3 is 15.2 Å². The number of carbonyl (C=O) groups is 2. The van der Waals surface area contributed by atoms with Gasteiger partial charge >= 0.3 is 11.9 Å². The van der Waals surface area contributed by atoms with Gasteiger partial charge in [-0.05, 0) is 41.6 Å². The Labute approximate surface area is 201 Å². The number of hydrogen-bond donors (Lipinski definition) is 2. The van der Waals surface area contributed by atoms with E-state index in [1.54, 1.807) is 18.3 Å². The maximum atomic E-state index is 14.4. The molecule has 1 aliphatic heterocycles. The Morgan fingerprint density at radius 1 is 1.21 bits per heavy atom. The van der Waals surface area contributed by atoms with Gasteiger partial charge in [0.1, 0.15) is 11.9 Å². The standard InChI is InChI=1S/C24H17ClFN3O4S/c1-33-21(30)9-17(7-3-2-4-8(26)16(7)25)28-19(20-27-5-6-34-20)29-18(9)23-10-13-11(23)15-12(23)14(10)24(13,15)22(31)32/h2-6,10-15,17H,1H3,(H,28,29)(H,31,32). The van der Waals surface area contributed by atoms with Crippen molar-refractivity contribution in [2.45, 2.75) is 6.04 Å². The van der Waals surface area contributed by atoms with E-state index in [1.807, 2.05) is 5.38 Å². The molecule has 1 aromatic heterocycles. The SMILES string of the molecule is COC(=O)C1=C(C23C4C5C2C2C3C4C52C(=O)O)NC(c2nccs2)=NC1c1cccc(F)c1Cl. The molecular formula is C24H17ClFN3O4S. The fourth-order valence-electron chi connectivity index (χ4n) is 9.07. The van der Waals surface area contributed by atoms with Crippen LogP contribution < -0.4 is 5.32 Å². The van der Waals surface area contributed by atoms with Crippen LogP contribution in [0.3, 0.4) is 0 Å². The van der Waals surface area contributed by atoms with Crippen molar-refractivity contribution in [1.82, 2.24) is 10.3 Å². The number of nitrogens with one attached hydrogen (secondary N) is 1. The molecule has 0 spiro atoms. The number of carboxylic acids is 1. The molecule has 0 radical (unpaired) electrons. The van der Waals surface area contributed by atoms with Crippen molar-refractivity contribution >= 4 is 40.7 Å². The molecule has 7 nitrogen and oxygen atoms in total. The number of methoxy groups -OCH3 is 1. The lowest BCUT2D eigenvalue weighted by Crippen LogP contribution is -3.11. The molecule has 1 atom stereocenters. The van der Waals surface area contributed by atoms with Gasteiger partial charge in [-0.1, -0.05) is 23.7 Å². The second-order valence-electron chi connectivity index (χ2n) is 10.1. The predicted molar refractivity (Wildman–Crippen MR) is 118 cm³/mol. The summed E-state index contributed by atoms with van der Waals surface area (Å²) in [6.45, 7) is 0. The topological polar surface area (TPSA) is 101 Å². The number of allylic oxidation sites excluding steroid dienone is 1. The summed E-state index contributed by atoms with van der Waals surface area (Å²) < 4.78 is 19.6. The smallest absolute Gasteiger partial charge is 0.338 e. The molecule has 34 heavy (non-hydrogen) atoms. The van der Waals surface area contributed by atoms with Crippen LogP contribution in [0.1, 0.15) is 16.6 Å². The van der Waals surface area contributed by atoms with Gasteiger partial charge in [0.25, 0.3) is 0 Å². The molecule has 6 fully saturated rings. The third-order valence-corrected chi connectivity index (χ3v) is 11.0. The van der Waals surface area contributed by atoms with E-state index in [0.717, 1.165) is 5.70 Å². The van der Waals surface area contributed by atoms with Crippen LogP contribution in [0.5, 0.6) is 0 Å². The molecule has 6 aliphatic carbocycles. The number of carboxylic acid groups (broad SMARTS) is 1. The average molecular weight is 498 g/mol. The third-order valence-electron chi connectivity index (χ3n) is 9.79. The highest BCUT2D eigenvalue weighted by atomic mass is 35.5. The number of aliphatic carboxylic acids is 1. The fraction of sp³-hybridized carbons (Fsp3) is 0.417. The Morgan fingerprint density at radius 3 is 2.50 bits per heavy atom. The number of hydrogen-bond acceptors (Lipinski definition) is 7. The quantitative estimate of drug-likeness (QED) is 0.615. The number of nitrogens with zero attached hydrogens (tertiary/aromatic N) is 2. The van der Waals surface area contributed by atoms with Crippen molar-refractivity contribution in [1.29, 1.82) is 0 Å². The van der Waals surface area contributed by atoms with E-state index in [4.69, 9.17) is 21.3 Å². The maximum absolute atomic E-state index is 14.4. The van der Waals surface area contributed by atoms with Crippen molar-refractivity contribution in [3.63, 3.8) is 0 Å². The summed E-state index contributed by atoms with van der Waals surface area (Å²) in [5.74, 6) is -0.0436. The van der Waals surface area contributed by atoms with Crippen LogP contribution >= 0.6 is 22.9 Å². The molecular weight excluding hydrogens is 481 g/mol. The van der Waals surface area contributed by atoms with E-state index in [-0.39, 0.29) is 45.9 Å². The lowest BCUT2D eigenvalue weighted by atomic mass is 8.92. The lowest BCUT2D eigenvalue weighted by molar-refractivity contribution is -0.633. The summed E-state index contributed by atoms with van der Waals surface area (Å²) in [5, 5.41) is 15.7. The highest BCUT2D eigenvalue weighted by Gasteiger charge is 3.12. The van der Waals surface area contributed by atoms with Crippen LogP contribution in [-0.4, -0.2) is 35.0 Å². The molecule has 0 amide bonds. The minimum Gasteiger partial charge on any atom is -0.481 e. The normalized spacial score (nSPS) is 43.1. The monoisotopic (exact) mass is 497 g/mol. The summed E-state index contributed by atoms with van der Waals surface area (Å²) in [6, 6.07) is 3.63. The Kier molecular flexibility index (Phi) is 3.28. The minimum atomic E-state index is -0.861. The zero-order chi connectivity index (χ0) is 23.3. The Morgan fingerprint density at radius 2 is 1.91 bits per heavy atom. The third kappa shape index (κ3) is 1.61. The van der Waals surface area contributed by atoms with Gasteiger partial charge in [0.15, 0.2) is 10.8 Å². The Bertz CT molecular complexity index is 1370. The van der Waals surface area contributed by atoms with E-state index >= 15 is 0 Å². The first-order valence-corrected chi connectivity index (χ1v) is 12.4. The summed E-state index contributed by atoms with van der Waals surface area (Å²) in [5.41, 5.74) is 0.661. The van der Waals surface area contributed by atoms with E-state index in [1.165, 1.54) is 24.5 Å². The number of aromatic nitrogens is 1. The average Bonchev–Trinajstić information content (AvgIpc) is 3.39. The van der Waals surface area contributed by atoms with Gasteiger partial charge in [0.05, 0.1) is 23.1 Å². The number of halogens is 2. The van der Waals surface area contributed by atoms with Crippen molar-refractivity contribution in [3.8, 4) is 0 Å². The predicted octanol–water partition coefficient (Wildman–Crippen LogP) is 3.28. The van der Waals surface area contributed by atoms with Crippen molar-refractivity contribution in [3.05, 3.63) is 62.5 Å². The molecule has 6 saturated carbocycles. The summed E-state index contributed by atoms with van der Waals surface area (Å²) in [7, 11) is 1.32. The van der Waals surface area contributed by atoms with E-state index in [2.05, 4.69) is 10.3 Å². The van der Waals surface area contributed by atoms with Crippen molar-refractivity contribution in [2.75, 3.05) is 7.11 Å². The van der Waals surface area contributed by atoms with E-state index in [9.17, 15) is 19.1 Å².